The summed E-state index contributed by atoms with van der Waals surface area (Å²) in [5.74, 6) is -0.167. The van der Waals surface area contributed by atoms with Crippen molar-refractivity contribution in [1.29, 1.82) is 0 Å². The summed E-state index contributed by atoms with van der Waals surface area (Å²) < 4.78 is 40.6. The van der Waals surface area contributed by atoms with Crippen LogP contribution in [0.15, 0.2) is 17.6 Å². The zero-order valence-electron chi connectivity index (χ0n) is 7.63. The van der Waals surface area contributed by atoms with Crippen molar-refractivity contribution in [2.24, 2.45) is 0 Å². The average Bonchev–Trinajstić information content (AvgIpc) is 2.49. The highest BCUT2D eigenvalue weighted by molar-refractivity contribution is 7.16. The maximum Gasteiger partial charge on any atom is 0.573 e. The summed E-state index contributed by atoms with van der Waals surface area (Å²) in [5, 5.41) is 0. The first-order chi connectivity index (χ1) is 6.96. The van der Waals surface area contributed by atoms with Crippen molar-refractivity contribution in [3.05, 3.63) is 23.2 Å². The Hall–Kier alpha value is -1.30. The van der Waals surface area contributed by atoms with Crippen molar-refractivity contribution in [2.45, 2.75) is 13.3 Å². The Morgan fingerprint density at radius 1 is 1.33 bits per heavy atom. The molecule has 0 atom stereocenters. The van der Waals surface area contributed by atoms with E-state index in [-0.39, 0.29) is 5.75 Å². The molecule has 0 saturated carbocycles. The van der Waals surface area contributed by atoms with Gasteiger partial charge < -0.3 is 4.74 Å². The van der Waals surface area contributed by atoms with Crippen LogP contribution in [0.5, 0.6) is 5.75 Å². The average molecular weight is 233 g/mol. The van der Waals surface area contributed by atoms with Gasteiger partial charge in [0.2, 0.25) is 0 Å². The van der Waals surface area contributed by atoms with Gasteiger partial charge in [0.05, 0.1) is 15.7 Å². The van der Waals surface area contributed by atoms with E-state index in [1.807, 2.05) is 0 Å². The van der Waals surface area contributed by atoms with Gasteiger partial charge in [-0.05, 0) is 18.6 Å². The first-order valence-electron chi connectivity index (χ1n) is 4.05. The number of benzene rings is 1. The van der Waals surface area contributed by atoms with E-state index < -0.39 is 6.36 Å². The SMILES string of the molecule is Cc1cc2ncsc2cc1OC(F)(F)F. The number of hydrogen-bond donors (Lipinski definition) is 0. The Morgan fingerprint density at radius 2 is 2.07 bits per heavy atom. The summed E-state index contributed by atoms with van der Waals surface area (Å²) in [6, 6.07) is 2.93. The van der Waals surface area contributed by atoms with Gasteiger partial charge in [-0.15, -0.1) is 24.5 Å². The molecule has 0 aliphatic carbocycles. The number of rotatable bonds is 1. The van der Waals surface area contributed by atoms with Gasteiger partial charge in [0.1, 0.15) is 5.75 Å². The third-order valence-corrected chi connectivity index (χ3v) is 2.65. The van der Waals surface area contributed by atoms with Crippen LogP contribution in [0.3, 0.4) is 0 Å². The lowest BCUT2D eigenvalue weighted by Gasteiger charge is -2.10. The van der Waals surface area contributed by atoms with Crippen LogP contribution in [-0.4, -0.2) is 11.3 Å². The molecule has 0 fully saturated rings. The topological polar surface area (TPSA) is 22.1 Å². The molecule has 0 aliphatic heterocycles. The van der Waals surface area contributed by atoms with Gasteiger partial charge in [0.15, 0.2) is 0 Å². The number of thiazole rings is 1. The van der Waals surface area contributed by atoms with E-state index in [2.05, 4.69) is 9.72 Å². The van der Waals surface area contributed by atoms with Crippen molar-refractivity contribution < 1.29 is 17.9 Å². The van der Waals surface area contributed by atoms with Crippen molar-refractivity contribution in [3.8, 4) is 5.75 Å². The van der Waals surface area contributed by atoms with E-state index in [4.69, 9.17) is 0 Å². The Bertz CT molecular complexity index is 492. The van der Waals surface area contributed by atoms with Gasteiger partial charge in [-0.25, -0.2) is 4.98 Å². The quantitative estimate of drug-likeness (QED) is 0.752. The molecule has 80 valence electrons. The van der Waals surface area contributed by atoms with E-state index in [0.717, 1.165) is 0 Å². The molecule has 0 radical (unpaired) electrons. The molecule has 2 rings (SSSR count). The highest BCUT2D eigenvalue weighted by Gasteiger charge is 2.31. The predicted molar refractivity (Wildman–Crippen MR) is 51.0 cm³/mol. The third-order valence-electron chi connectivity index (χ3n) is 1.85. The zero-order valence-corrected chi connectivity index (χ0v) is 8.45. The first kappa shape index (κ1) is 10.2. The summed E-state index contributed by atoms with van der Waals surface area (Å²) in [6.07, 6.45) is -4.65. The number of aryl methyl sites for hydroxylation is 1. The maximum absolute atomic E-state index is 12.0. The van der Waals surface area contributed by atoms with E-state index >= 15 is 0 Å². The standard InChI is InChI=1S/C9H6F3NOS/c1-5-2-6-8(15-4-13-6)3-7(5)14-9(10,11)12/h2-4H,1H3. The molecule has 6 heteroatoms. The van der Waals surface area contributed by atoms with Crippen LogP contribution in [0, 0.1) is 6.92 Å². The van der Waals surface area contributed by atoms with E-state index in [1.54, 1.807) is 18.5 Å². The molecule has 0 amide bonds. The second kappa shape index (κ2) is 3.37. The summed E-state index contributed by atoms with van der Waals surface area (Å²) in [6.45, 7) is 1.56. The molecule has 0 N–H and O–H groups in total. The van der Waals surface area contributed by atoms with Gasteiger partial charge >= 0.3 is 6.36 Å². The summed E-state index contributed by atoms with van der Waals surface area (Å²) >= 11 is 1.28. The Kier molecular flexibility index (Phi) is 2.30. The molecule has 0 unspecified atom stereocenters. The van der Waals surface area contributed by atoms with Crippen LogP contribution in [0.4, 0.5) is 13.2 Å². The summed E-state index contributed by atoms with van der Waals surface area (Å²) in [4.78, 5) is 4.00. The van der Waals surface area contributed by atoms with Crippen molar-refractivity contribution in [2.75, 3.05) is 0 Å². The molecule has 1 aromatic heterocycles. The van der Waals surface area contributed by atoms with Crippen LogP contribution in [-0.2, 0) is 0 Å². The molecule has 2 nitrogen and oxygen atoms in total. The van der Waals surface area contributed by atoms with Crippen LogP contribution < -0.4 is 4.74 Å². The highest BCUT2D eigenvalue weighted by Crippen LogP contribution is 2.31. The lowest BCUT2D eigenvalue weighted by molar-refractivity contribution is -0.274. The number of hydrogen-bond acceptors (Lipinski definition) is 3. The van der Waals surface area contributed by atoms with Crippen LogP contribution in [0.1, 0.15) is 5.56 Å². The van der Waals surface area contributed by atoms with Gasteiger partial charge in [-0.3, -0.25) is 0 Å². The lowest BCUT2D eigenvalue weighted by atomic mass is 10.2. The van der Waals surface area contributed by atoms with Crippen molar-refractivity contribution >= 4 is 21.6 Å². The molecular weight excluding hydrogens is 227 g/mol. The first-order valence-corrected chi connectivity index (χ1v) is 4.93. The van der Waals surface area contributed by atoms with Crippen molar-refractivity contribution in [3.63, 3.8) is 0 Å². The Morgan fingerprint density at radius 3 is 2.73 bits per heavy atom. The van der Waals surface area contributed by atoms with E-state index in [1.165, 1.54) is 17.4 Å². The molecule has 1 aromatic carbocycles. The number of ether oxygens (including phenoxy) is 1. The Labute approximate surface area is 87.3 Å². The van der Waals surface area contributed by atoms with E-state index in [0.29, 0.717) is 15.8 Å². The van der Waals surface area contributed by atoms with Crippen LogP contribution in [0.2, 0.25) is 0 Å². The van der Waals surface area contributed by atoms with Gasteiger partial charge in [-0.1, -0.05) is 0 Å². The molecule has 0 spiro atoms. The second-order valence-corrected chi connectivity index (χ2v) is 3.87. The van der Waals surface area contributed by atoms with Crippen molar-refractivity contribution in [1.82, 2.24) is 4.98 Å². The number of halogens is 3. The molecule has 2 aromatic rings. The van der Waals surface area contributed by atoms with Crippen LogP contribution in [0.25, 0.3) is 10.2 Å². The second-order valence-electron chi connectivity index (χ2n) is 2.99. The molecule has 0 aliphatic rings. The monoisotopic (exact) mass is 233 g/mol. The minimum absolute atomic E-state index is 0.167. The fourth-order valence-electron chi connectivity index (χ4n) is 1.22. The van der Waals surface area contributed by atoms with Gasteiger partial charge in [0, 0.05) is 6.07 Å². The minimum atomic E-state index is -4.65. The number of nitrogens with zero attached hydrogens (tertiary/aromatic N) is 1. The summed E-state index contributed by atoms with van der Waals surface area (Å²) in [5.41, 5.74) is 2.69. The Balaban J connectivity index is 2.46. The zero-order chi connectivity index (χ0) is 11.1. The van der Waals surface area contributed by atoms with E-state index in [9.17, 15) is 13.2 Å². The normalized spacial score (nSPS) is 12.0. The number of fused-ring (bicyclic) bond motifs is 1. The molecule has 0 bridgehead atoms. The lowest BCUT2D eigenvalue weighted by Crippen LogP contribution is -2.17. The minimum Gasteiger partial charge on any atom is -0.405 e. The van der Waals surface area contributed by atoms with Gasteiger partial charge in [0.25, 0.3) is 0 Å². The largest absolute Gasteiger partial charge is 0.573 e. The fraction of sp³-hybridized carbons (Fsp3) is 0.222. The highest BCUT2D eigenvalue weighted by atomic mass is 32.1. The van der Waals surface area contributed by atoms with Crippen LogP contribution >= 0.6 is 11.3 Å². The third kappa shape index (κ3) is 2.20. The maximum atomic E-state index is 12.0. The predicted octanol–water partition coefficient (Wildman–Crippen LogP) is 3.50. The fourth-order valence-corrected chi connectivity index (χ4v) is 1.91. The number of alkyl halides is 3. The molecule has 15 heavy (non-hydrogen) atoms. The molecular formula is C9H6F3NOS. The van der Waals surface area contributed by atoms with Gasteiger partial charge in [-0.2, -0.15) is 0 Å². The molecule has 0 saturated heterocycles. The molecule has 1 heterocycles. The number of aromatic nitrogens is 1. The summed E-state index contributed by atoms with van der Waals surface area (Å²) in [7, 11) is 0. The smallest absolute Gasteiger partial charge is 0.405 e.